The molecule has 1 N–H and O–H groups in total. The average molecular weight is 220 g/mol. The zero-order chi connectivity index (χ0) is 11.4. The fraction of sp³-hybridized carbons (Fsp3) is 0.545. The first kappa shape index (κ1) is 10.9. The maximum Gasteiger partial charge on any atom is 0.222 e. The van der Waals surface area contributed by atoms with Crippen LogP contribution in [0.5, 0.6) is 0 Å². The van der Waals surface area contributed by atoms with E-state index in [0.717, 1.165) is 31.0 Å². The number of amides is 1. The van der Waals surface area contributed by atoms with E-state index in [-0.39, 0.29) is 5.91 Å². The molecule has 0 unspecified atom stereocenters. The first-order chi connectivity index (χ1) is 7.79. The van der Waals surface area contributed by atoms with Crippen molar-refractivity contribution in [2.45, 2.75) is 26.3 Å². The van der Waals surface area contributed by atoms with Gasteiger partial charge in [0.2, 0.25) is 5.91 Å². The van der Waals surface area contributed by atoms with Gasteiger partial charge >= 0.3 is 0 Å². The molecule has 1 aliphatic heterocycles. The summed E-state index contributed by atoms with van der Waals surface area (Å²) in [6.45, 7) is 4.27. The van der Waals surface area contributed by atoms with Gasteiger partial charge in [0.05, 0.1) is 24.6 Å². The fourth-order valence-electron chi connectivity index (χ4n) is 1.78. The van der Waals surface area contributed by atoms with Gasteiger partial charge in [-0.1, -0.05) is 0 Å². The predicted molar refractivity (Wildman–Crippen MR) is 60.8 cm³/mol. The quantitative estimate of drug-likeness (QED) is 0.823. The van der Waals surface area contributed by atoms with E-state index in [1.54, 1.807) is 12.4 Å². The van der Waals surface area contributed by atoms with Gasteiger partial charge in [0.1, 0.15) is 5.82 Å². The van der Waals surface area contributed by atoms with Crippen LogP contribution >= 0.6 is 0 Å². The lowest BCUT2D eigenvalue weighted by atomic mass is 10.4. The minimum absolute atomic E-state index is 0.220. The number of aromatic nitrogens is 2. The van der Waals surface area contributed by atoms with Gasteiger partial charge in [0.15, 0.2) is 0 Å². The van der Waals surface area contributed by atoms with Crippen molar-refractivity contribution in [3.63, 3.8) is 0 Å². The third kappa shape index (κ3) is 2.48. The van der Waals surface area contributed by atoms with Crippen LogP contribution in [0, 0.1) is 0 Å². The van der Waals surface area contributed by atoms with Gasteiger partial charge in [0, 0.05) is 19.5 Å². The lowest BCUT2D eigenvalue weighted by Crippen LogP contribution is -2.24. The lowest BCUT2D eigenvalue weighted by molar-refractivity contribution is -0.128. The van der Waals surface area contributed by atoms with E-state index in [1.807, 2.05) is 11.8 Å². The SMILES string of the molecule is CCNc1cnc(CN2CCCC2=O)cn1. The monoisotopic (exact) mass is 220 g/mol. The van der Waals surface area contributed by atoms with E-state index in [1.165, 1.54) is 0 Å². The highest BCUT2D eigenvalue weighted by Gasteiger charge is 2.20. The van der Waals surface area contributed by atoms with E-state index in [4.69, 9.17) is 0 Å². The number of hydrogen-bond acceptors (Lipinski definition) is 4. The molecule has 0 radical (unpaired) electrons. The van der Waals surface area contributed by atoms with Gasteiger partial charge < -0.3 is 10.2 Å². The molecule has 0 atom stereocenters. The zero-order valence-electron chi connectivity index (χ0n) is 9.44. The van der Waals surface area contributed by atoms with Crippen molar-refractivity contribution in [3.8, 4) is 0 Å². The Bertz CT molecular complexity index is 363. The van der Waals surface area contributed by atoms with E-state index < -0.39 is 0 Å². The van der Waals surface area contributed by atoms with Crippen molar-refractivity contribution in [2.24, 2.45) is 0 Å². The molecule has 1 amide bonds. The number of hydrogen-bond donors (Lipinski definition) is 1. The van der Waals surface area contributed by atoms with Crippen molar-refractivity contribution >= 4 is 11.7 Å². The normalized spacial score (nSPS) is 15.6. The molecule has 1 saturated heterocycles. The Labute approximate surface area is 94.9 Å². The van der Waals surface area contributed by atoms with Gasteiger partial charge in [-0.05, 0) is 13.3 Å². The third-order valence-electron chi connectivity index (χ3n) is 2.59. The van der Waals surface area contributed by atoms with E-state index >= 15 is 0 Å². The van der Waals surface area contributed by atoms with Crippen LogP contribution in [0.25, 0.3) is 0 Å². The summed E-state index contributed by atoms with van der Waals surface area (Å²) in [6.07, 6.45) is 5.06. The lowest BCUT2D eigenvalue weighted by Gasteiger charge is -2.14. The Kier molecular flexibility index (Phi) is 3.34. The van der Waals surface area contributed by atoms with Crippen molar-refractivity contribution in [3.05, 3.63) is 18.1 Å². The first-order valence-electron chi connectivity index (χ1n) is 5.62. The molecule has 0 spiro atoms. The van der Waals surface area contributed by atoms with Crippen LogP contribution < -0.4 is 5.32 Å². The van der Waals surface area contributed by atoms with E-state index in [0.29, 0.717) is 13.0 Å². The molecule has 1 aromatic rings. The maximum atomic E-state index is 11.4. The molecule has 0 bridgehead atoms. The van der Waals surface area contributed by atoms with Crippen LogP contribution in [0.4, 0.5) is 5.82 Å². The Morgan fingerprint density at radius 1 is 1.44 bits per heavy atom. The van der Waals surface area contributed by atoms with Gasteiger partial charge in [-0.25, -0.2) is 4.98 Å². The first-order valence-corrected chi connectivity index (χ1v) is 5.62. The molecule has 0 aromatic carbocycles. The van der Waals surface area contributed by atoms with E-state index in [2.05, 4.69) is 15.3 Å². The zero-order valence-corrected chi connectivity index (χ0v) is 9.44. The van der Waals surface area contributed by atoms with Crippen LogP contribution in [-0.4, -0.2) is 33.9 Å². The number of carbonyl (C=O) groups excluding carboxylic acids is 1. The number of likely N-dealkylation sites (tertiary alicyclic amines) is 1. The summed E-state index contributed by atoms with van der Waals surface area (Å²) in [5.74, 6) is 0.997. The maximum absolute atomic E-state index is 11.4. The van der Waals surface area contributed by atoms with Crippen LogP contribution in [0.1, 0.15) is 25.5 Å². The largest absolute Gasteiger partial charge is 0.369 e. The molecule has 1 fully saturated rings. The van der Waals surface area contributed by atoms with E-state index in [9.17, 15) is 4.79 Å². The predicted octanol–water partition coefficient (Wildman–Crippen LogP) is 1.03. The number of anilines is 1. The van der Waals surface area contributed by atoms with Crippen LogP contribution in [0.15, 0.2) is 12.4 Å². The van der Waals surface area contributed by atoms with Gasteiger partial charge in [0.25, 0.3) is 0 Å². The summed E-state index contributed by atoms with van der Waals surface area (Å²) >= 11 is 0. The molecule has 86 valence electrons. The molecule has 1 aromatic heterocycles. The summed E-state index contributed by atoms with van der Waals surface area (Å²) in [5, 5.41) is 3.08. The van der Waals surface area contributed by atoms with Gasteiger partial charge in [-0.15, -0.1) is 0 Å². The number of rotatable bonds is 4. The fourth-order valence-corrected chi connectivity index (χ4v) is 1.78. The number of nitrogens with zero attached hydrogens (tertiary/aromatic N) is 3. The minimum atomic E-state index is 0.220. The van der Waals surface area contributed by atoms with Gasteiger partial charge in [-0.2, -0.15) is 0 Å². The molecule has 2 rings (SSSR count). The Balaban J connectivity index is 1.96. The smallest absolute Gasteiger partial charge is 0.222 e. The van der Waals surface area contributed by atoms with Crippen molar-refractivity contribution < 1.29 is 4.79 Å². The Morgan fingerprint density at radius 3 is 2.88 bits per heavy atom. The summed E-state index contributed by atoms with van der Waals surface area (Å²) in [7, 11) is 0. The molecule has 2 heterocycles. The van der Waals surface area contributed by atoms with Crippen LogP contribution in [0.2, 0.25) is 0 Å². The molecular weight excluding hydrogens is 204 g/mol. The van der Waals surface area contributed by atoms with Crippen LogP contribution in [0.3, 0.4) is 0 Å². The summed E-state index contributed by atoms with van der Waals surface area (Å²) in [6, 6.07) is 0. The number of nitrogens with one attached hydrogen (secondary N) is 1. The van der Waals surface area contributed by atoms with Crippen molar-refractivity contribution in [1.29, 1.82) is 0 Å². The molecule has 16 heavy (non-hydrogen) atoms. The summed E-state index contributed by atoms with van der Waals surface area (Å²) < 4.78 is 0. The number of carbonyl (C=O) groups is 1. The molecule has 1 aliphatic rings. The molecular formula is C11H16N4O. The third-order valence-corrected chi connectivity index (χ3v) is 2.59. The molecule has 0 aliphatic carbocycles. The van der Waals surface area contributed by atoms with Crippen molar-refractivity contribution in [2.75, 3.05) is 18.4 Å². The second-order valence-corrected chi connectivity index (χ2v) is 3.84. The van der Waals surface area contributed by atoms with Crippen LogP contribution in [-0.2, 0) is 11.3 Å². The minimum Gasteiger partial charge on any atom is -0.369 e. The van der Waals surface area contributed by atoms with Crippen molar-refractivity contribution in [1.82, 2.24) is 14.9 Å². The standard InChI is InChI=1S/C11H16N4O/c1-2-12-10-7-13-9(6-14-10)8-15-5-3-4-11(15)16/h6-7H,2-5,8H2,1H3,(H,12,14). The molecule has 0 saturated carbocycles. The highest BCUT2D eigenvalue weighted by molar-refractivity contribution is 5.77. The second-order valence-electron chi connectivity index (χ2n) is 3.84. The highest BCUT2D eigenvalue weighted by Crippen LogP contribution is 2.12. The topological polar surface area (TPSA) is 58.1 Å². The molecule has 5 heteroatoms. The Hall–Kier alpha value is -1.65. The highest BCUT2D eigenvalue weighted by atomic mass is 16.2. The summed E-state index contributed by atoms with van der Waals surface area (Å²) in [4.78, 5) is 21.7. The summed E-state index contributed by atoms with van der Waals surface area (Å²) in [5.41, 5.74) is 0.844. The van der Waals surface area contributed by atoms with Gasteiger partial charge in [-0.3, -0.25) is 9.78 Å². The molecule has 5 nitrogen and oxygen atoms in total. The average Bonchev–Trinajstić information content (AvgIpc) is 2.68. The second kappa shape index (κ2) is 4.92. The Morgan fingerprint density at radius 2 is 2.31 bits per heavy atom.